The van der Waals surface area contributed by atoms with Crippen molar-refractivity contribution >= 4 is 22.6 Å². The van der Waals surface area contributed by atoms with Crippen molar-refractivity contribution < 1.29 is 4.79 Å². The number of hydrogen-bond acceptors (Lipinski definition) is 3. The van der Waals surface area contributed by atoms with Gasteiger partial charge in [-0.25, -0.2) is 4.98 Å². The second-order valence-electron chi connectivity index (χ2n) is 5.35. The minimum Gasteiger partial charge on any atom is -0.381 e. The molecule has 2 aromatic rings. The summed E-state index contributed by atoms with van der Waals surface area (Å²) in [5.74, 6) is -0.0982. The zero-order chi connectivity index (χ0) is 13.9. The summed E-state index contributed by atoms with van der Waals surface area (Å²) in [7, 11) is 1.65. The monoisotopic (exact) mass is 272 g/mol. The van der Waals surface area contributed by atoms with Gasteiger partial charge in [0.1, 0.15) is 5.65 Å². The average molecular weight is 272 g/mol. The van der Waals surface area contributed by atoms with Crippen LogP contribution >= 0.6 is 0 Å². The highest BCUT2D eigenvalue weighted by Gasteiger charge is 2.19. The first-order valence-corrected chi connectivity index (χ1v) is 7.24. The average Bonchev–Trinajstić information content (AvgIpc) is 2.97. The Morgan fingerprint density at radius 3 is 2.90 bits per heavy atom. The molecule has 3 rings (SSSR count). The molecule has 0 aliphatic heterocycles. The van der Waals surface area contributed by atoms with Gasteiger partial charge in [-0.1, -0.05) is 19.3 Å². The molecule has 20 heavy (non-hydrogen) atoms. The Hall–Kier alpha value is -2.04. The van der Waals surface area contributed by atoms with Gasteiger partial charge in [0.15, 0.2) is 0 Å². The van der Waals surface area contributed by atoms with Crippen LogP contribution in [0.25, 0.3) is 11.0 Å². The summed E-state index contributed by atoms with van der Waals surface area (Å²) in [6.45, 7) is 0. The van der Waals surface area contributed by atoms with E-state index in [4.69, 9.17) is 0 Å². The van der Waals surface area contributed by atoms with Crippen LogP contribution in [-0.4, -0.2) is 29.0 Å². The normalized spacial score (nSPS) is 16.2. The topological polar surface area (TPSA) is 69.8 Å². The number of fused-ring (bicyclic) bond motifs is 1. The first-order chi connectivity index (χ1) is 9.79. The number of aromatic amines is 1. The standard InChI is InChI=1S/C15H20N4O/c1-16-15(20)12-9-18-14-11(7-8-17-14)13(12)19-10-5-3-2-4-6-10/h7-10H,2-6H2,1H3,(H,16,20)(H2,17,18,19). The molecule has 3 N–H and O–H groups in total. The van der Waals surface area contributed by atoms with E-state index in [0.717, 1.165) is 16.7 Å². The van der Waals surface area contributed by atoms with E-state index in [9.17, 15) is 4.79 Å². The van der Waals surface area contributed by atoms with Crippen LogP contribution in [0.5, 0.6) is 0 Å². The lowest BCUT2D eigenvalue weighted by Gasteiger charge is -2.25. The van der Waals surface area contributed by atoms with Crippen LogP contribution in [0, 0.1) is 0 Å². The highest BCUT2D eigenvalue weighted by molar-refractivity contribution is 6.06. The molecule has 0 spiro atoms. The van der Waals surface area contributed by atoms with Crippen molar-refractivity contribution in [3.63, 3.8) is 0 Å². The van der Waals surface area contributed by atoms with Gasteiger partial charge in [-0.3, -0.25) is 4.79 Å². The van der Waals surface area contributed by atoms with Crippen molar-refractivity contribution in [2.24, 2.45) is 0 Å². The van der Waals surface area contributed by atoms with E-state index < -0.39 is 0 Å². The largest absolute Gasteiger partial charge is 0.381 e. The zero-order valence-electron chi connectivity index (χ0n) is 11.7. The van der Waals surface area contributed by atoms with Crippen molar-refractivity contribution in [3.8, 4) is 0 Å². The van der Waals surface area contributed by atoms with Gasteiger partial charge in [0.25, 0.3) is 5.91 Å². The Labute approximate surface area is 118 Å². The van der Waals surface area contributed by atoms with Crippen LogP contribution in [0.2, 0.25) is 0 Å². The number of carbonyl (C=O) groups excluding carboxylic acids is 1. The maximum absolute atomic E-state index is 12.0. The smallest absolute Gasteiger partial charge is 0.254 e. The predicted octanol–water partition coefficient (Wildman–Crippen LogP) is 2.67. The molecule has 5 nitrogen and oxygen atoms in total. The Kier molecular flexibility index (Phi) is 3.58. The Morgan fingerprint density at radius 1 is 1.35 bits per heavy atom. The molecule has 0 atom stereocenters. The second kappa shape index (κ2) is 5.53. The number of H-pyrrole nitrogens is 1. The van der Waals surface area contributed by atoms with Crippen LogP contribution in [-0.2, 0) is 0 Å². The lowest BCUT2D eigenvalue weighted by atomic mass is 9.95. The van der Waals surface area contributed by atoms with Crippen LogP contribution in [0.3, 0.4) is 0 Å². The van der Waals surface area contributed by atoms with E-state index in [-0.39, 0.29) is 5.91 Å². The van der Waals surface area contributed by atoms with Crippen molar-refractivity contribution in [3.05, 3.63) is 24.0 Å². The molecule has 1 saturated carbocycles. The molecule has 1 amide bonds. The quantitative estimate of drug-likeness (QED) is 0.804. The number of nitrogens with one attached hydrogen (secondary N) is 3. The molecule has 2 aromatic heterocycles. The third-order valence-corrected chi connectivity index (χ3v) is 4.01. The molecule has 1 aliphatic rings. The summed E-state index contributed by atoms with van der Waals surface area (Å²) in [5, 5.41) is 7.24. The number of aromatic nitrogens is 2. The van der Waals surface area contributed by atoms with Gasteiger partial charge >= 0.3 is 0 Å². The second-order valence-corrected chi connectivity index (χ2v) is 5.35. The summed E-state index contributed by atoms with van der Waals surface area (Å²) in [4.78, 5) is 19.4. The van der Waals surface area contributed by atoms with E-state index in [0.29, 0.717) is 11.6 Å². The van der Waals surface area contributed by atoms with Crippen LogP contribution in [0.4, 0.5) is 5.69 Å². The molecular weight excluding hydrogens is 252 g/mol. The summed E-state index contributed by atoms with van der Waals surface area (Å²) in [6, 6.07) is 2.42. The molecule has 2 heterocycles. The highest BCUT2D eigenvalue weighted by atomic mass is 16.1. The van der Waals surface area contributed by atoms with Gasteiger partial charge in [-0.2, -0.15) is 0 Å². The molecule has 0 aromatic carbocycles. The molecule has 0 unspecified atom stereocenters. The number of nitrogens with zero attached hydrogens (tertiary/aromatic N) is 1. The minimum absolute atomic E-state index is 0.0982. The van der Waals surface area contributed by atoms with Gasteiger partial charge in [0, 0.05) is 30.9 Å². The molecule has 1 fully saturated rings. The summed E-state index contributed by atoms with van der Waals surface area (Å²) >= 11 is 0. The van der Waals surface area contributed by atoms with Crippen molar-refractivity contribution in [2.45, 2.75) is 38.1 Å². The number of hydrogen-bond donors (Lipinski definition) is 3. The maximum Gasteiger partial charge on any atom is 0.254 e. The van der Waals surface area contributed by atoms with Crippen molar-refractivity contribution in [1.82, 2.24) is 15.3 Å². The van der Waals surface area contributed by atoms with E-state index >= 15 is 0 Å². The molecule has 0 bridgehead atoms. The van der Waals surface area contributed by atoms with E-state index in [1.807, 2.05) is 12.3 Å². The number of anilines is 1. The lowest BCUT2D eigenvalue weighted by molar-refractivity contribution is 0.0963. The third-order valence-electron chi connectivity index (χ3n) is 4.01. The third kappa shape index (κ3) is 2.35. The van der Waals surface area contributed by atoms with Gasteiger partial charge in [0.2, 0.25) is 0 Å². The fraction of sp³-hybridized carbons (Fsp3) is 0.467. The Bertz CT molecular complexity index is 613. The van der Waals surface area contributed by atoms with E-state index in [1.54, 1.807) is 13.2 Å². The number of rotatable bonds is 3. The summed E-state index contributed by atoms with van der Waals surface area (Å²) < 4.78 is 0. The van der Waals surface area contributed by atoms with E-state index in [2.05, 4.69) is 20.6 Å². The minimum atomic E-state index is -0.0982. The number of amides is 1. The zero-order valence-corrected chi connectivity index (χ0v) is 11.7. The Balaban J connectivity index is 2.00. The van der Waals surface area contributed by atoms with Crippen LogP contribution < -0.4 is 10.6 Å². The first kappa shape index (κ1) is 13.0. The van der Waals surface area contributed by atoms with E-state index in [1.165, 1.54) is 32.1 Å². The molecule has 0 saturated heterocycles. The van der Waals surface area contributed by atoms with Gasteiger partial charge in [-0.15, -0.1) is 0 Å². The number of carbonyl (C=O) groups is 1. The van der Waals surface area contributed by atoms with Crippen LogP contribution in [0.1, 0.15) is 42.5 Å². The first-order valence-electron chi connectivity index (χ1n) is 7.24. The molecule has 0 radical (unpaired) electrons. The molecular formula is C15H20N4O. The predicted molar refractivity (Wildman–Crippen MR) is 80.0 cm³/mol. The van der Waals surface area contributed by atoms with Crippen molar-refractivity contribution in [1.29, 1.82) is 0 Å². The fourth-order valence-corrected chi connectivity index (χ4v) is 2.92. The lowest BCUT2D eigenvalue weighted by Crippen LogP contribution is -2.26. The van der Waals surface area contributed by atoms with Gasteiger partial charge in [-0.05, 0) is 18.9 Å². The highest BCUT2D eigenvalue weighted by Crippen LogP contribution is 2.29. The summed E-state index contributed by atoms with van der Waals surface area (Å²) in [6.07, 6.45) is 9.67. The molecule has 1 aliphatic carbocycles. The molecule has 106 valence electrons. The van der Waals surface area contributed by atoms with Crippen LogP contribution in [0.15, 0.2) is 18.5 Å². The van der Waals surface area contributed by atoms with Gasteiger partial charge < -0.3 is 15.6 Å². The van der Waals surface area contributed by atoms with Gasteiger partial charge in [0.05, 0.1) is 11.3 Å². The SMILES string of the molecule is CNC(=O)c1cnc2[nH]ccc2c1NC1CCCCC1. The summed E-state index contributed by atoms with van der Waals surface area (Å²) in [5.41, 5.74) is 2.34. The number of pyridine rings is 1. The molecule has 5 heteroatoms. The maximum atomic E-state index is 12.0. The Morgan fingerprint density at radius 2 is 2.15 bits per heavy atom. The van der Waals surface area contributed by atoms with Crippen molar-refractivity contribution in [2.75, 3.05) is 12.4 Å². The fourth-order valence-electron chi connectivity index (χ4n) is 2.92.